The number of para-hydroxylation sites is 1. The first-order valence-electron chi connectivity index (χ1n) is 6.88. The molecule has 21 heavy (non-hydrogen) atoms. The molecule has 1 saturated heterocycles. The second kappa shape index (κ2) is 5.20. The number of anilines is 1. The summed E-state index contributed by atoms with van der Waals surface area (Å²) in [6, 6.07) is 15.7. The van der Waals surface area contributed by atoms with Crippen molar-refractivity contribution in [3.8, 4) is 0 Å². The average molecular weight is 285 g/mol. The Morgan fingerprint density at radius 3 is 2.43 bits per heavy atom. The van der Waals surface area contributed by atoms with Crippen LogP contribution in [0.25, 0.3) is 0 Å². The van der Waals surface area contributed by atoms with Crippen LogP contribution in [0.2, 0.25) is 0 Å². The van der Waals surface area contributed by atoms with E-state index < -0.39 is 5.54 Å². The third kappa shape index (κ3) is 2.27. The first kappa shape index (κ1) is 13.6. The third-order valence-electron chi connectivity index (χ3n) is 3.96. The van der Waals surface area contributed by atoms with Crippen LogP contribution in [0.3, 0.4) is 0 Å². The standard InChI is InChI=1S/C17H16FNO2/c1-17(13-7-9-14(18)10-8-13)16(20)21-12-11-19(17)15-5-3-2-4-6-15/h2-10H,11-12H2,1H3. The molecule has 0 spiro atoms. The highest BCUT2D eigenvalue weighted by Gasteiger charge is 2.45. The van der Waals surface area contributed by atoms with Gasteiger partial charge in [-0.2, -0.15) is 0 Å². The van der Waals surface area contributed by atoms with E-state index in [0.29, 0.717) is 13.2 Å². The monoisotopic (exact) mass is 285 g/mol. The number of carbonyl (C=O) groups is 1. The van der Waals surface area contributed by atoms with Crippen molar-refractivity contribution >= 4 is 11.7 Å². The molecule has 2 aromatic rings. The van der Waals surface area contributed by atoms with Crippen molar-refractivity contribution in [3.63, 3.8) is 0 Å². The Balaban J connectivity index is 2.09. The number of cyclic esters (lactones) is 1. The number of hydrogen-bond donors (Lipinski definition) is 0. The van der Waals surface area contributed by atoms with Crippen molar-refractivity contribution in [3.05, 3.63) is 66.0 Å². The molecule has 1 aliphatic rings. The molecule has 1 fully saturated rings. The van der Waals surface area contributed by atoms with Gasteiger partial charge in [-0.05, 0) is 36.8 Å². The summed E-state index contributed by atoms with van der Waals surface area (Å²) in [6.07, 6.45) is 0. The molecule has 1 heterocycles. The van der Waals surface area contributed by atoms with Gasteiger partial charge in [0.1, 0.15) is 12.4 Å². The van der Waals surface area contributed by atoms with E-state index in [-0.39, 0.29) is 11.8 Å². The summed E-state index contributed by atoms with van der Waals surface area (Å²) in [5, 5.41) is 0. The molecule has 0 amide bonds. The zero-order chi connectivity index (χ0) is 14.9. The van der Waals surface area contributed by atoms with Crippen LogP contribution in [0.5, 0.6) is 0 Å². The molecule has 0 radical (unpaired) electrons. The zero-order valence-corrected chi connectivity index (χ0v) is 11.8. The molecule has 108 valence electrons. The first-order valence-corrected chi connectivity index (χ1v) is 6.88. The summed E-state index contributed by atoms with van der Waals surface area (Å²) in [4.78, 5) is 14.4. The highest BCUT2D eigenvalue weighted by Crippen LogP contribution is 2.36. The van der Waals surface area contributed by atoms with E-state index in [1.165, 1.54) is 12.1 Å². The lowest BCUT2D eigenvalue weighted by atomic mass is 9.88. The molecule has 0 aliphatic carbocycles. The SMILES string of the molecule is CC1(c2ccc(F)cc2)C(=O)OCCN1c1ccccc1. The minimum Gasteiger partial charge on any atom is -0.462 e. The van der Waals surface area contributed by atoms with Crippen molar-refractivity contribution in [1.82, 2.24) is 0 Å². The molecule has 0 aromatic heterocycles. The normalized spacial score (nSPS) is 22.0. The predicted octanol–water partition coefficient (Wildman–Crippen LogP) is 3.10. The van der Waals surface area contributed by atoms with Crippen LogP contribution < -0.4 is 4.90 Å². The molecule has 4 heteroatoms. The van der Waals surface area contributed by atoms with Gasteiger partial charge < -0.3 is 9.64 Å². The topological polar surface area (TPSA) is 29.5 Å². The van der Waals surface area contributed by atoms with Gasteiger partial charge >= 0.3 is 5.97 Å². The summed E-state index contributed by atoms with van der Waals surface area (Å²) < 4.78 is 18.4. The fourth-order valence-electron chi connectivity index (χ4n) is 2.75. The van der Waals surface area contributed by atoms with Crippen LogP contribution in [-0.2, 0) is 15.1 Å². The van der Waals surface area contributed by atoms with E-state index >= 15 is 0 Å². The maximum atomic E-state index is 13.2. The number of benzene rings is 2. The minimum atomic E-state index is -0.951. The van der Waals surface area contributed by atoms with Gasteiger partial charge in [-0.3, -0.25) is 0 Å². The van der Waals surface area contributed by atoms with Gasteiger partial charge in [0.2, 0.25) is 0 Å². The molecule has 1 atom stereocenters. The summed E-state index contributed by atoms with van der Waals surface area (Å²) in [5.74, 6) is -0.637. The van der Waals surface area contributed by atoms with Gasteiger partial charge in [-0.15, -0.1) is 0 Å². The van der Waals surface area contributed by atoms with Crippen molar-refractivity contribution < 1.29 is 13.9 Å². The average Bonchev–Trinajstić information content (AvgIpc) is 2.51. The molecule has 0 saturated carbocycles. The van der Waals surface area contributed by atoms with Crippen molar-refractivity contribution in [2.24, 2.45) is 0 Å². The van der Waals surface area contributed by atoms with Crippen LogP contribution in [0.4, 0.5) is 10.1 Å². The molecular weight excluding hydrogens is 269 g/mol. The molecular formula is C17H16FNO2. The molecule has 0 N–H and O–H groups in total. The predicted molar refractivity (Wildman–Crippen MR) is 78.5 cm³/mol. The van der Waals surface area contributed by atoms with Crippen LogP contribution in [0.15, 0.2) is 54.6 Å². The molecule has 3 nitrogen and oxygen atoms in total. The van der Waals surface area contributed by atoms with Crippen LogP contribution in [0, 0.1) is 5.82 Å². The van der Waals surface area contributed by atoms with Gasteiger partial charge in [0.05, 0.1) is 6.54 Å². The second-order valence-corrected chi connectivity index (χ2v) is 5.20. The van der Waals surface area contributed by atoms with Crippen molar-refractivity contribution in [2.75, 3.05) is 18.1 Å². The first-order chi connectivity index (χ1) is 10.1. The van der Waals surface area contributed by atoms with Gasteiger partial charge in [0.15, 0.2) is 5.54 Å². The lowest BCUT2D eigenvalue weighted by molar-refractivity contribution is -0.153. The quantitative estimate of drug-likeness (QED) is 0.794. The smallest absolute Gasteiger partial charge is 0.336 e. The summed E-state index contributed by atoms with van der Waals surface area (Å²) in [7, 11) is 0. The van der Waals surface area contributed by atoms with Crippen molar-refractivity contribution in [2.45, 2.75) is 12.5 Å². The van der Waals surface area contributed by atoms with Gasteiger partial charge in [0.25, 0.3) is 0 Å². The molecule has 1 unspecified atom stereocenters. The Kier molecular flexibility index (Phi) is 3.37. The maximum Gasteiger partial charge on any atom is 0.336 e. The van der Waals surface area contributed by atoms with Crippen LogP contribution in [-0.4, -0.2) is 19.1 Å². The van der Waals surface area contributed by atoms with E-state index in [9.17, 15) is 9.18 Å². The van der Waals surface area contributed by atoms with E-state index in [2.05, 4.69) is 0 Å². The highest BCUT2D eigenvalue weighted by molar-refractivity contribution is 5.87. The maximum absolute atomic E-state index is 13.2. The molecule has 2 aromatic carbocycles. The van der Waals surface area contributed by atoms with Crippen LogP contribution in [0.1, 0.15) is 12.5 Å². The highest BCUT2D eigenvalue weighted by atomic mass is 19.1. The lowest BCUT2D eigenvalue weighted by Gasteiger charge is -2.44. The second-order valence-electron chi connectivity index (χ2n) is 5.20. The number of ether oxygens (including phenoxy) is 1. The molecule has 0 bridgehead atoms. The number of carbonyl (C=O) groups excluding carboxylic acids is 1. The summed E-state index contributed by atoms with van der Waals surface area (Å²) in [6.45, 7) is 2.77. The lowest BCUT2D eigenvalue weighted by Crippen LogP contribution is -2.56. The Hall–Kier alpha value is -2.36. The van der Waals surface area contributed by atoms with E-state index in [1.54, 1.807) is 12.1 Å². The van der Waals surface area contributed by atoms with Gasteiger partial charge in [-0.25, -0.2) is 9.18 Å². The Labute approximate surface area is 123 Å². The number of rotatable bonds is 2. The fourth-order valence-corrected chi connectivity index (χ4v) is 2.75. The number of hydrogen-bond acceptors (Lipinski definition) is 3. The molecule has 3 rings (SSSR count). The number of morpholine rings is 1. The van der Waals surface area contributed by atoms with Gasteiger partial charge in [0, 0.05) is 5.69 Å². The Bertz CT molecular complexity index is 642. The number of esters is 1. The van der Waals surface area contributed by atoms with E-state index in [1.807, 2.05) is 42.2 Å². The fraction of sp³-hybridized carbons (Fsp3) is 0.235. The zero-order valence-electron chi connectivity index (χ0n) is 11.8. The molecule has 1 aliphatic heterocycles. The number of nitrogens with zero attached hydrogens (tertiary/aromatic N) is 1. The van der Waals surface area contributed by atoms with E-state index in [4.69, 9.17) is 4.74 Å². The van der Waals surface area contributed by atoms with Gasteiger partial charge in [-0.1, -0.05) is 30.3 Å². The Morgan fingerprint density at radius 1 is 1.10 bits per heavy atom. The summed E-state index contributed by atoms with van der Waals surface area (Å²) >= 11 is 0. The van der Waals surface area contributed by atoms with E-state index in [0.717, 1.165) is 11.3 Å². The largest absolute Gasteiger partial charge is 0.462 e. The third-order valence-corrected chi connectivity index (χ3v) is 3.96. The van der Waals surface area contributed by atoms with Crippen molar-refractivity contribution in [1.29, 1.82) is 0 Å². The Morgan fingerprint density at radius 2 is 1.76 bits per heavy atom. The minimum absolute atomic E-state index is 0.316. The number of halogens is 1. The summed E-state index contributed by atoms with van der Waals surface area (Å²) in [5.41, 5.74) is 0.714. The van der Waals surface area contributed by atoms with Crippen LogP contribution >= 0.6 is 0 Å².